The molecule has 1 heterocycles. The second kappa shape index (κ2) is 6.36. The summed E-state index contributed by atoms with van der Waals surface area (Å²) in [6.07, 6.45) is 2.53. The van der Waals surface area contributed by atoms with Crippen LogP contribution in [0.4, 0.5) is 0 Å². The number of aromatic nitrogens is 1. The summed E-state index contributed by atoms with van der Waals surface area (Å²) in [7, 11) is 0. The molecular formula is C13H24N2S. The number of nitrogens with one attached hydrogen (secondary N) is 1. The van der Waals surface area contributed by atoms with Crippen LogP contribution < -0.4 is 5.32 Å². The van der Waals surface area contributed by atoms with Crippen molar-refractivity contribution in [2.24, 2.45) is 5.92 Å². The third-order valence-corrected chi connectivity index (χ3v) is 3.58. The van der Waals surface area contributed by atoms with Gasteiger partial charge in [0.05, 0.1) is 10.7 Å². The quantitative estimate of drug-likeness (QED) is 0.815. The molecule has 3 heteroatoms. The van der Waals surface area contributed by atoms with Crippen molar-refractivity contribution in [3.63, 3.8) is 0 Å². The highest BCUT2D eigenvalue weighted by atomic mass is 32.1. The van der Waals surface area contributed by atoms with Gasteiger partial charge in [-0.3, -0.25) is 0 Å². The molecule has 1 N–H and O–H groups in total. The average molecular weight is 240 g/mol. The van der Waals surface area contributed by atoms with E-state index in [1.165, 1.54) is 18.5 Å². The smallest absolute Gasteiger partial charge is 0.0898 e. The molecule has 2 atom stereocenters. The van der Waals surface area contributed by atoms with E-state index in [9.17, 15) is 0 Å². The molecule has 0 saturated heterocycles. The van der Waals surface area contributed by atoms with Gasteiger partial charge < -0.3 is 5.32 Å². The van der Waals surface area contributed by atoms with Gasteiger partial charge in [0.2, 0.25) is 0 Å². The summed E-state index contributed by atoms with van der Waals surface area (Å²) >= 11 is 1.73. The Morgan fingerprint density at radius 2 is 1.94 bits per heavy atom. The van der Waals surface area contributed by atoms with E-state index in [0.717, 1.165) is 10.9 Å². The van der Waals surface area contributed by atoms with E-state index >= 15 is 0 Å². The minimum absolute atomic E-state index is 0.368. The van der Waals surface area contributed by atoms with Crippen LogP contribution in [0.15, 0.2) is 5.38 Å². The lowest BCUT2D eigenvalue weighted by molar-refractivity contribution is 0.414. The highest BCUT2D eigenvalue weighted by Crippen LogP contribution is 2.17. The molecule has 1 aromatic heterocycles. The Kier molecular flexibility index (Phi) is 5.42. The second-order valence-electron chi connectivity index (χ2n) is 5.05. The first-order valence-corrected chi connectivity index (χ1v) is 7.05. The number of rotatable bonds is 6. The Morgan fingerprint density at radius 3 is 2.44 bits per heavy atom. The van der Waals surface area contributed by atoms with Crippen LogP contribution in [-0.4, -0.2) is 11.0 Å². The molecule has 0 fully saturated rings. The van der Waals surface area contributed by atoms with Crippen molar-refractivity contribution in [3.05, 3.63) is 16.1 Å². The molecular weight excluding hydrogens is 216 g/mol. The van der Waals surface area contributed by atoms with Gasteiger partial charge in [-0.05, 0) is 39.5 Å². The lowest BCUT2D eigenvalue weighted by Gasteiger charge is -2.19. The standard InChI is InChI=1S/C13H24N2S/c1-9(2)6-7-10(3)14-11(4)13-8-16-12(5)15-13/h8-11,14H,6-7H2,1-5H3. The zero-order valence-corrected chi connectivity index (χ0v) is 11.9. The largest absolute Gasteiger partial charge is 0.306 e. The molecule has 2 unspecified atom stereocenters. The molecule has 0 aliphatic heterocycles. The molecule has 2 nitrogen and oxygen atoms in total. The van der Waals surface area contributed by atoms with Crippen LogP contribution in [0.25, 0.3) is 0 Å². The summed E-state index contributed by atoms with van der Waals surface area (Å²) in [5.74, 6) is 0.793. The average Bonchev–Trinajstić information content (AvgIpc) is 2.62. The normalized spacial score (nSPS) is 15.4. The van der Waals surface area contributed by atoms with E-state index in [1.54, 1.807) is 11.3 Å². The van der Waals surface area contributed by atoms with Gasteiger partial charge in [-0.15, -0.1) is 11.3 Å². The summed E-state index contributed by atoms with van der Waals surface area (Å²) in [6, 6.07) is 0.937. The molecule has 0 spiro atoms. The molecule has 16 heavy (non-hydrogen) atoms. The third-order valence-electron chi connectivity index (χ3n) is 2.79. The van der Waals surface area contributed by atoms with Crippen molar-refractivity contribution >= 4 is 11.3 Å². The number of nitrogens with zero attached hydrogens (tertiary/aromatic N) is 1. The lowest BCUT2D eigenvalue weighted by Crippen LogP contribution is -2.29. The topological polar surface area (TPSA) is 24.9 Å². The summed E-state index contributed by atoms with van der Waals surface area (Å²) in [6.45, 7) is 11.1. The molecule has 0 radical (unpaired) electrons. The van der Waals surface area contributed by atoms with Crippen molar-refractivity contribution < 1.29 is 0 Å². The second-order valence-corrected chi connectivity index (χ2v) is 6.11. The fourth-order valence-corrected chi connectivity index (χ4v) is 2.46. The van der Waals surface area contributed by atoms with Gasteiger partial charge in [-0.25, -0.2) is 4.98 Å². The summed E-state index contributed by atoms with van der Waals surface area (Å²) in [5.41, 5.74) is 1.18. The van der Waals surface area contributed by atoms with Gasteiger partial charge in [0.15, 0.2) is 0 Å². The zero-order valence-electron chi connectivity index (χ0n) is 11.1. The number of thiazole rings is 1. The zero-order chi connectivity index (χ0) is 12.1. The predicted molar refractivity (Wildman–Crippen MR) is 71.9 cm³/mol. The van der Waals surface area contributed by atoms with Crippen LogP contribution in [0, 0.1) is 12.8 Å². The number of aryl methyl sites for hydroxylation is 1. The first-order valence-electron chi connectivity index (χ1n) is 6.17. The van der Waals surface area contributed by atoms with Crippen LogP contribution >= 0.6 is 11.3 Å². The van der Waals surface area contributed by atoms with Gasteiger partial charge in [0.25, 0.3) is 0 Å². The SMILES string of the molecule is Cc1nc(C(C)NC(C)CCC(C)C)cs1. The monoisotopic (exact) mass is 240 g/mol. The highest BCUT2D eigenvalue weighted by Gasteiger charge is 2.12. The predicted octanol–water partition coefficient (Wildman–Crippen LogP) is 3.93. The maximum Gasteiger partial charge on any atom is 0.0898 e. The third kappa shape index (κ3) is 4.62. The van der Waals surface area contributed by atoms with Crippen molar-refractivity contribution in [1.82, 2.24) is 10.3 Å². The van der Waals surface area contributed by atoms with E-state index in [1.807, 2.05) is 0 Å². The Balaban J connectivity index is 2.36. The van der Waals surface area contributed by atoms with Crippen molar-refractivity contribution in [2.75, 3.05) is 0 Å². The fourth-order valence-electron chi connectivity index (χ4n) is 1.76. The van der Waals surface area contributed by atoms with Gasteiger partial charge in [0.1, 0.15) is 0 Å². The molecule has 1 aromatic rings. The lowest BCUT2D eigenvalue weighted by atomic mass is 10.0. The molecule has 92 valence electrons. The Labute approximate surface area is 103 Å². The first kappa shape index (κ1) is 13.7. The van der Waals surface area contributed by atoms with Crippen molar-refractivity contribution in [3.8, 4) is 0 Å². The van der Waals surface area contributed by atoms with Gasteiger partial charge in [0, 0.05) is 17.5 Å². The molecule has 0 bridgehead atoms. The highest BCUT2D eigenvalue weighted by molar-refractivity contribution is 7.09. The number of hydrogen-bond acceptors (Lipinski definition) is 3. The summed E-state index contributed by atoms with van der Waals surface area (Å²) < 4.78 is 0. The van der Waals surface area contributed by atoms with Crippen LogP contribution in [-0.2, 0) is 0 Å². The molecule has 0 amide bonds. The van der Waals surface area contributed by atoms with Crippen LogP contribution in [0.2, 0.25) is 0 Å². The minimum atomic E-state index is 0.368. The van der Waals surface area contributed by atoms with E-state index in [4.69, 9.17) is 0 Å². The van der Waals surface area contributed by atoms with Gasteiger partial charge in [-0.2, -0.15) is 0 Å². The van der Waals surface area contributed by atoms with Crippen molar-refractivity contribution in [2.45, 2.75) is 59.5 Å². The molecule has 1 rings (SSSR count). The van der Waals surface area contributed by atoms with E-state index in [2.05, 4.69) is 50.3 Å². The van der Waals surface area contributed by atoms with Gasteiger partial charge in [-0.1, -0.05) is 13.8 Å². The van der Waals surface area contributed by atoms with Gasteiger partial charge >= 0.3 is 0 Å². The van der Waals surface area contributed by atoms with E-state index < -0.39 is 0 Å². The molecule has 0 aliphatic rings. The summed E-state index contributed by atoms with van der Waals surface area (Å²) in [5, 5.41) is 6.92. The molecule has 0 aromatic carbocycles. The Hall–Kier alpha value is -0.410. The Morgan fingerprint density at radius 1 is 1.25 bits per heavy atom. The van der Waals surface area contributed by atoms with Crippen LogP contribution in [0.5, 0.6) is 0 Å². The maximum atomic E-state index is 4.51. The Bertz CT molecular complexity index is 307. The first-order chi connectivity index (χ1) is 7.49. The summed E-state index contributed by atoms with van der Waals surface area (Å²) in [4.78, 5) is 4.51. The maximum absolute atomic E-state index is 4.51. The minimum Gasteiger partial charge on any atom is -0.306 e. The van der Waals surface area contributed by atoms with E-state index in [0.29, 0.717) is 12.1 Å². The molecule has 0 saturated carbocycles. The fraction of sp³-hybridized carbons (Fsp3) is 0.769. The van der Waals surface area contributed by atoms with E-state index in [-0.39, 0.29) is 0 Å². The van der Waals surface area contributed by atoms with Crippen molar-refractivity contribution in [1.29, 1.82) is 0 Å². The molecule has 0 aliphatic carbocycles. The number of hydrogen-bond donors (Lipinski definition) is 1. The van der Waals surface area contributed by atoms with Crippen LogP contribution in [0.3, 0.4) is 0 Å². The van der Waals surface area contributed by atoms with Crippen LogP contribution in [0.1, 0.15) is 57.3 Å².